The van der Waals surface area contributed by atoms with Gasteiger partial charge in [-0.2, -0.15) is 0 Å². The maximum absolute atomic E-state index is 11.4. The summed E-state index contributed by atoms with van der Waals surface area (Å²) in [6.07, 6.45) is 2.77. The van der Waals surface area contributed by atoms with Crippen LogP contribution >= 0.6 is 0 Å². The molecule has 1 aromatic rings. The molecule has 0 aliphatic heterocycles. The molecular weight excluding hydrogens is 226 g/mol. The first-order valence-corrected chi connectivity index (χ1v) is 4.95. The lowest BCUT2D eigenvalue weighted by Crippen LogP contribution is -2.35. The van der Waals surface area contributed by atoms with Crippen LogP contribution in [0.3, 0.4) is 0 Å². The molecule has 4 N–H and O–H groups in total. The van der Waals surface area contributed by atoms with Crippen molar-refractivity contribution in [3.63, 3.8) is 0 Å². The lowest BCUT2D eigenvalue weighted by Gasteiger charge is -2.04. The Morgan fingerprint density at radius 1 is 1.29 bits per heavy atom. The molecule has 7 heteroatoms. The summed E-state index contributed by atoms with van der Waals surface area (Å²) in [5, 5.41) is 4.83. The number of hydrogen-bond donors (Lipinski definition) is 3. The van der Waals surface area contributed by atoms with E-state index in [1.165, 1.54) is 18.6 Å². The van der Waals surface area contributed by atoms with Gasteiger partial charge in [-0.1, -0.05) is 0 Å². The second-order valence-corrected chi connectivity index (χ2v) is 3.26. The molecule has 17 heavy (non-hydrogen) atoms. The SMILES string of the molecule is NC(=O)CNC(=O)CCNC(=O)c1ccoc1. The first-order chi connectivity index (χ1) is 8.09. The summed E-state index contributed by atoms with van der Waals surface area (Å²) in [5.74, 6) is -1.28. The van der Waals surface area contributed by atoms with E-state index in [-0.39, 0.29) is 31.3 Å². The van der Waals surface area contributed by atoms with E-state index in [0.717, 1.165) is 0 Å². The first kappa shape index (κ1) is 12.8. The maximum Gasteiger partial charge on any atom is 0.254 e. The summed E-state index contributed by atoms with van der Waals surface area (Å²) in [6.45, 7) is -0.0247. The zero-order valence-electron chi connectivity index (χ0n) is 9.06. The second-order valence-electron chi connectivity index (χ2n) is 3.26. The summed E-state index contributed by atoms with van der Waals surface area (Å²) in [7, 11) is 0. The summed E-state index contributed by atoms with van der Waals surface area (Å²) < 4.78 is 4.74. The topological polar surface area (TPSA) is 114 Å². The van der Waals surface area contributed by atoms with E-state index in [9.17, 15) is 14.4 Å². The van der Waals surface area contributed by atoms with Crippen molar-refractivity contribution in [1.29, 1.82) is 0 Å². The van der Waals surface area contributed by atoms with Crippen molar-refractivity contribution in [3.05, 3.63) is 24.2 Å². The molecule has 1 aromatic heterocycles. The van der Waals surface area contributed by atoms with Crippen molar-refractivity contribution < 1.29 is 18.8 Å². The minimum absolute atomic E-state index is 0.0802. The highest BCUT2D eigenvalue weighted by Crippen LogP contribution is 1.98. The quantitative estimate of drug-likeness (QED) is 0.590. The van der Waals surface area contributed by atoms with Gasteiger partial charge in [0.1, 0.15) is 6.26 Å². The molecule has 7 nitrogen and oxygen atoms in total. The van der Waals surface area contributed by atoms with Crippen LogP contribution in [0, 0.1) is 0 Å². The number of hydrogen-bond acceptors (Lipinski definition) is 4. The van der Waals surface area contributed by atoms with Crippen LogP contribution in [0.25, 0.3) is 0 Å². The molecule has 0 aliphatic carbocycles. The Balaban J connectivity index is 2.17. The van der Waals surface area contributed by atoms with E-state index < -0.39 is 5.91 Å². The average molecular weight is 239 g/mol. The van der Waals surface area contributed by atoms with Gasteiger partial charge in [-0.25, -0.2) is 0 Å². The normalized spacial score (nSPS) is 9.65. The first-order valence-electron chi connectivity index (χ1n) is 4.95. The monoisotopic (exact) mass is 239 g/mol. The van der Waals surface area contributed by atoms with Crippen LogP contribution in [0.4, 0.5) is 0 Å². The van der Waals surface area contributed by atoms with Crippen LogP contribution in [-0.4, -0.2) is 30.8 Å². The standard InChI is InChI=1S/C10H13N3O4/c11-8(14)5-13-9(15)1-3-12-10(16)7-2-4-17-6-7/h2,4,6H,1,3,5H2,(H2,11,14)(H,12,16)(H,13,15). The smallest absolute Gasteiger partial charge is 0.254 e. The molecule has 0 fully saturated rings. The molecular formula is C10H13N3O4. The fourth-order valence-corrected chi connectivity index (χ4v) is 1.06. The van der Waals surface area contributed by atoms with Crippen molar-refractivity contribution in [2.75, 3.05) is 13.1 Å². The maximum atomic E-state index is 11.4. The third-order valence-corrected chi connectivity index (χ3v) is 1.88. The Hall–Kier alpha value is -2.31. The summed E-state index contributed by atoms with van der Waals surface area (Å²) >= 11 is 0. The second kappa shape index (κ2) is 6.31. The average Bonchev–Trinajstić information content (AvgIpc) is 2.79. The number of primary amides is 1. The third kappa shape index (κ3) is 4.83. The number of nitrogens with two attached hydrogens (primary N) is 1. The van der Waals surface area contributed by atoms with Crippen LogP contribution in [0.15, 0.2) is 23.0 Å². The molecule has 0 aromatic carbocycles. The Labute approximate surface area is 97.3 Å². The lowest BCUT2D eigenvalue weighted by atomic mass is 10.3. The van der Waals surface area contributed by atoms with Gasteiger partial charge in [-0.15, -0.1) is 0 Å². The van der Waals surface area contributed by atoms with Gasteiger partial charge in [-0.3, -0.25) is 14.4 Å². The third-order valence-electron chi connectivity index (χ3n) is 1.88. The minimum atomic E-state index is -0.610. The van der Waals surface area contributed by atoms with E-state index in [4.69, 9.17) is 10.2 Å². The van der Waals surface area contributed by atoms with Gasteiger partial charge in [-0.05, 0) is 6.07 Å². The zero-order chi connectivity index (χ0) is 12.7. The minimum Gasteiger partial charge on any atom is -0.472 e. The van der Waals surface area contributed by atoms with Crippen LogP contribution in [0.1, 0.15) is 16.8 Å². The van der Waals surface area contributed by atoms with Gasteiger partial charge in [0, 0.05) is 13.0 Å². The number of carbonyl (C=O) groups is 3. The van der Waals surface area contributed by atoms with Crippen molar-refractivity contribution in [1.82, 2.24) is 10.6 Å². The van der Waals surface area contributed by atoms with Crippen molar-refractivity contribution >= 4 is 17.7 Å². The molecule has 1 rings (SSSR count). The Kier molecular flexibility index (Phi) is 4.74. The van der Waals surface area contributed by atoms with E-state index in [2.05, 4.69) is 10.6 Å². The van der Waals surface area contributed by atoms with Gasteiger partial charge in [0.15, 0.2) is 0 Å². The predicted molar refractivity (Wildman–Crippen MR) is 57.9 cm³/mol. The van der Waals surface area contributed by atoms with E-state index in [0.29, 0.717) is 5.56 Å². The number of carbonyl (C=O) groups excluding carboxylic acids is 3. The largest absolute Gasteiger partial charge is 0.472 e. The van der Waals surface area contributed by atoms with Crippen LogP contribution in [0.5, 0.6) is 0 Å². The Morgan fingerprint density at radius 3 is 2.65 bits per heavy atom. The molecule has 0 spiro atoms. The Bertz CT molecular complexity index is 400. The van der Waals surface area contributed by atoms with Gasteiger partial charge in [0.25, 0.3) is 5.91 Å². The van der Waals surface area contributed by atoms with Gasteiger partial charge < -0.3 is 20.8 Å². The van der Waals surface area contributed by atoms with E-state index >= 15 is 0 Å². The summed E-state index contributed by atoms with van der Waals surface area (Å²) in [5.41, 5.74) is 5.24. The molecule has 1 heterocycles. The number of nitrogens with one attached hydrogen (secondary N) is 2. The summed E-state index contributed by atoms with van der Waals surface area (Å²) in [4.78, 5) is 32.9. The highest BCUT2D eigenvalue weighted by atomic mass is 16.3. The molecule has 0 aliphatic rings. The van der Waals surface area contributed by atoms with Crippen molar-refractivity contribution in [2.24, 2.45) is 5.73 Å². The molecule has 0 saturated carbocycles. The number of rotatable bonds is 6. The van der Waals surface area contributed by atoms with E-state index in [1.54, 1.807) is 0 Å². The molecule has 0 unspecified atom stereocenters. The number of amides is 3. The van der Waals surface area contributed by atoms with Gasteiger partial charge in [0.05, 0.1) is 18.4 Å². The molecule has 0 saturated heterocycles. The zero-order valence-corrected chi connectivity index (χ0v) is 9.06. The molecule has 3 amide bonds. The number of furan rings is 1. The van der Waals surface area contributed by atoms with Crippen LogP contribution < -0.4 is 16.4 Å². The molecule has 92 valence electrons. The van der Waals surface area contributed by atoms with Crippen LogP contribution in [-0.2, 0) is 9.59 Å². The van der Waals surface area contributed by atoms with Crippen molar-refractivity contribution in [2.45, 2.75) is 6.42 Å². The van der Waals surface area contributed by atoms with Crippen molar-refractivity contribution in [3.8, 4) is 0 Å². The lowest BCUT2D eigenvalue weighted by molar-refractivity contribution is -0.124. The fourth-order valence-electron chi connectivity index (χ4n) is 1.06. The van der Waals surface area contributed by atoms with Gasteiger partial charge in [0.2, 0.25) is 11.8 Å². The highest BCUT2D eigenvalue weighted by Gasteiger charge is 2.07. The fraction of sp³-hybridized carbons (Fsp3) is 0.300. The molecule has 0 radical (unpaired) electrons. The van der Waals surface area contributed by atoms with Gasteiger partial charge >= 0.3 is 0 Å². The van der Waals surface area contributed by atoms with Crippen LogP contribution in [0.2, 0.25) is 0 Å². The summed E-state index contributed by atoms with van der Waals surface area (Å²) in [6, 6.07) is 1.52. The predicted octanol–water partition coefficient (Wildman–Crippen LogP) is -0.999. The van der Waals surface area contributed by atoms with E-state index in [1.807, 2.05) is 0 Å². The Morgan fingerprint density at radius 2 is 2.06 bits per heavy atom. The molecule has 0 atom stereocenters. The molecule has 0 bridgehead atoms. The highest BCUT2D eigenvalue weighted by molar-refractivity contribution is 5.94.